The van der Waals surface area contributed by atoms with Crippen molar-refractivity contribution >= 4 is 11.8 Å². The SMILES string of the molecule is COc1ccc(CC(=O)N2CCC(NC(=O)c3ccccc3F)CC2)cc1. The van der Waals surface area contributed by atoms with Gasteiger partial charge in [0.25, 0.3) is 5.91 Å². The molecule has 1 heterocycles. The zero-order valence-electron chi connectivity index (χ0n) is 15.3. The van der Waals surface area contributed by atoms with Gasteiger partial charge in [-0.05, 0) is 42.7 Å². The Morgan fingerprint density at radius 3 is 2.41 bits per heavy atom. The average Bonchev–Trinajstić information content (AvgIpc) is 2.69. The van der Waals surface area contributed by atoms with Crippen LogP contribution in [0.25, 0.3) is 0 Å². The van der Waals surface area contributed by atoms with E-state index in [1.54, 1.807) is 19.2 Å². The largest absolute Gasteiger partial charge is 0.497 e. The van der Waals surface area contributed by atoms with Crippen LogP contribution in [-0.2, 0) is 11.2 Å². The van der Waals surface area contributed by atoms with Crippen molar-refractivity contribution in [1.82, 2.24) is 10.2 Å². The van der Waals surface area contributed by atoms with Crippen molar-refractivity contribution in [3.63, 3.8) is 0 Å². The van der Waals surface area contributed by atoms with Gasteiger partial charge in [-0.15, -0.1) is 0 Å². The van der Waals surface area contributed by atoms with Crippen LogP contribution in [0.1, 0.15) is 28.8 Å². The number of amides is 2. The number of carbonyl (C=O) groups excluding carboxylic acids is 2. The first kappa shape index (κ1) is 18.9. The molecule has 1 aliphatic rings. The smallest absolute Gasteiger partial charge is 0.254 e. The van der Waals surface area contributed by atoms with Gasteiger partial charge in [-0.1, -0.05) is 24.3 Å². The maximum absolute atomic E-state index is 13.7. The number of ether oxygens (including phenoxy) is 1. The number of halogens is 1. The highest BCUT2D eigenvalue weighted by atomic mass is 19.1. The standard InChI is InChI=1S/C21H23FN2O3/c1-27-17-8-6-15(7-9-17)14-20(25)24-12-10-16(11-13-24)23-21(26)18-4-2-3-5-19(18)22/h2-9,16H,10-14H2,1H3,(H,23,26). The minimum atomic E-state index is -0.526. The molecular weight excluding hydrogens is 347 g/mol. The van der Waals surface area contributed by atoms with Crippen LogP contribution in [0.15, 0.2) is 48.5 Å². The highest BCUT2D eigenvalue weighted by Gasteiger charge is 2.24. The van der Waals surface area contributed by atoms with E-state index in [2.05, 4.69) is 5.32 Å². The maximum atomic E-state index is 13.7. The van der Waals surface area contributed by atoms with Crippen LogP contribution >= 0.6 is 0 Å². The summed E-state index contributed by atoms with van der Waals surface area (Å²) in [7, 11) is 1.61. The molecule has 0 aliphatic carbocycles. The summed E-state index contributed by atoms with van der Waals surface area (Å²) in [5.41, 5.74) is 0.992. The van der Waals surface area contributed by atoms with E-state index >= 15 is 0 Å². The monoisotopic (exact) mass is 370 g/mol. The van der Waals surface area contributed by atoms with E-state index in [1.165, 1.54) is 12.1 Å². The molecule has 5 nitrogen and oxygen atoms in total. The predicted molar refractivity (Wildman–Crippen MR) is 100 cm³/mol. The molecule has 1 N–H and O–H groups in total. The maximum Gasteiger partial charge on any atom is 0.254 e. The predicted octanol–water partition coefficient (Wildman–Crippen LogP) is 2.80. The third-order valence-electron chi connectivity index (χ3n) is 4.82. The number of nitrogens with one attached hydrogen (secondary N) is 1. The molecular formula is C21H23FN2O3. The van der Waals surface area contributed by atoms with E-state index in [-0.39, 0.29) is 17.5 Å². The number of piperidine rings is 1. The van der Waals surface area contributed by atoms with E-state index in [4.69, 9.17) is 4.74 Å². The Balaban J connectivity index is 1.48. The number of hydrogen-bond donors (Lipinski definition) is 1. The van der Waals surface area contributed by atoms with Gasteiger partial charge in [0.05, 0.1) is 19.1 Å². The zero-order chi connectivity index (χ0) is 19.2. The Hall–Kier alpha value is -2.89. The quantitative estimate of drug-likeness (QED) is 0.881. The second kappa shape index (κ2) is 8.66. The molecule has 0 saturated carbocycles. The molecule has 2 amide bonds. The molecule has 27 heavy (non-hydrogen) atoms. The van der Waals surface area contributed by atoms with Crippen LogP contribution in [0.5, 0.6) is 5.75 Å². The first-order valence-electron chi connectivity index (χ1n) is 9.03. The number of benzene rings is 2. The highest BCUT2D eigenvalue weighted by Crippen LogP contribution is 2.16. The Kier molecular flexibility index (Phi) is 6.06. The average molecular weight is 370 g/mol. The molecule has 2 aromatic rings. The molecule has 0 aromatic heterocycles. The number of methoxy groups -OCH3 is 1. The first-order chi connectivity index (χ1) is 13.1. The van der Waals surface area contributed by atoms with Gasteiger partial charge in [0.15, 0.2) is 0 Å². The summed E-state index contributed by atoms with van der Waals surface area (Å²) in [4.78, 5) is 26.5. The molecule has 1 saturated heterocycles. The van der Waals surface area contributed by atoms with E-state index in [9.17, 15) is 14.0 Å². The molecule has 3 rings (SSSR count). The van der Waals surface area contributed by atoms with Gasteiger partial charge in [-0.2, -0.15) is 0 Å². The van der Waals surface area contributed by atoms with Crippen molar-refractivity contribution in [2.45, 2.75) is 25.3 Å². The molecule has 6 heteroatoms. The number of likely N-dealkylation sites (tertiary alicyclic amines) is 1. The third-order valence-corrected chi connectivity index (χ3v) is 4.82. The fourth-order valence-electron chi connectivity index (χ4n) is 3.21. The minimum absolute atomic E-state index is 0.0514. The van der Waals surface area contributed by atoms with Gasteiger partial charge in [-0.3, -0.25) is 9.59 Å². The molecule has 142 valence electrons. The number of rotatable bonds is 5. The van der Waals surface area contributed by atoms with E-state index < -0.39 is 11.7 Å². The van der Waals surface area contributed by atoms with Crippen molar-refractivity contribution in [2.75, 3.05) is 20.2 Å². The van der Waals surface area contributed by atoms with Crippen LogP contribution in [0.4, 0.5) is 4.39 Å². The van der Waals surface area contributed by atoms with Gasteiger partial charge >= 0.3 is 0 Å². The van der Waals surface area contributed by atoms with Crippen LogP contribution in [0.2, 0.25) is 0 Å². The Labute approximate surface area is 158 Å². The molecule has 0 bridgehead atoms. The van der Waals surface area contributed by atoms with Crippen molar-refractivity contribution in [3.8, 4) is 5.75 Å². The van der Waals surface area contributed by atoms with Gasteiger partial charge in [0.2, 0.25) is 5.91 Å². The lowest BCUT2D eigenvalue weighted by atomic mass is 10.0. The summed E-state index contributed by atoms with van der Waals surface area (Å²) in [5.74, 6) is -0.102. The van der Waals surface area contributed by atoms with Crippen LogP contribution in [0, 0.1) is 5.82 Å². The van der Waals surface area contributed by atoms with Crippen molar-refractivity contribution in [2.24, 2.45) is 0 Å². The summed E-state index contributed by atoms with van der Waals surface area (Å²) >= 11 is 0. The lowest BCUT2D eigenvalue weighted by Gasteiger charge is -2.32. The van der Waals surface area contributed by atoms with E-state index in [0.29, 0.717) is 32.4 Å². The second-order valence-electron chi connectivity index (χ2n) is 6.63. The summed E-state index contributed by atoms with van der Waals surface area (Å²) in [6.45, 7) is 1.16. The minimum Gasteiger partial charge on any atom is -0.497 e. The summed E-state index contributed by atoms with van der Waals surface area (Å²) in [5, 5.41) is 2.87. The molecule has 0 radical (unpaired) electrons. The zero-order valence-corrected chi connectivity index (χ0v) is 15.3. The highest BCUT2D eigenvalue weighted by molar-refractivity contribution is 5.94. The molecule has 1 aliphatic heterocycles. The van der Waals surface area contributed by atoms with Crippen molar-refractivity contribution in [3.05, 3.63) is 65.5 Å². The van der Waals surface area contributed by atoms with Gasteiger partial charge < -0.3 is 15.0 Å². The normalized spacial score (nSPS) is 14.7. The Morgan fingerprint density at radius 1 is 1.11 bits per heavy atom. The summed E-state index contributed by atoms with van der Waals surface area (Å²) in [6.07, 6.45) is 1.67. The molecule has 0 spiro atoms. The number of nitrogens with zero attached hydrogens (tertiary/aromatic N) is 1. The van der Waals surface area contributed by atoms with Gasteiger partial charge in [-0.25, -0.2) is 4.39 Å². The summed E-state index contributed by atoms with van der Waals surface area (Å²) < 4.78 is 18.8. The van der Waals surface area contributed by atoms with Crippen LogP contribution < -0.4 is 10.1 Å². The topological polar surface area (TPSA) is 58.6 Å². The third kappa shape index (κ3) is 4.84. The fraction of sp³-hybridized carbons (Fsp3) is 0.333. The van der Waals surface area contributed by atoms with Gasteiger partial charge in [0.1, 0.15) is 11.6 Å². The molecule has 2 aromatic carbocycles. The van der Waals surface area contributed by atoms with E-state index in [1.807, 2.05) is 29.2 Å². The number of hydrogen-bond acceptors (Lipinski definition) is 3. The van der Waals surface area contributed by atoms with Gasteiger partial charge in [0, 0.05) is 19.1 Å². The fourth-order valence-corrected chi connectivity index (χ4v) is 3.21. The first-order valence-corrected chi connectivity index (χ1v) is 9.03. The lowest BCUT2D eigenvalue weighted by molar-refractivity contribution is -0.131. The van der Waals surface area contributed by atoms with Crippen LogP contribution in [0.3, 0.4) is 0 Å². The van der Waals surface area contributed by atoms with E-state index in [0.717, 1.165) is 11.3 Å². The summed E-state index contributed by atoms with van der Waals surface area (Å²) in [6, 6.07) is 13.3. The molecule has 0 atom stereocenters. The van der Waals surface area contributed by atoms with Crippen molar-refractivity contribution in [1.29, 1.82) is 0 Å². The van der Waals surface area contributed by atoms with Crippen LogP contribution in [-0.4, -0.2) is 43.0 Å². The Bertz CT molecular complexity index is 799. The molecule has 0 unspecified atom stereocenters. The second-order valence-corrected chi connectivity index (χ2v) is 6.63. The lowest BCUT2D eigenvalue weighted by Crippen LogP contribution is -2.47. The number of carbonyl (C=O) groups is 2. The molecule has 1 fully saturated rings. The Morgan fingerprint density at radius 2 is 1.78 bits per heavy atom. The van der Waals surface area contributed by atoms with Crippen molar-refractivity contribution < 1.29 is 18.7 Å².